The molecule has 8 nitrogen and oxygen atoms in total. The molecular weight excluding hydrogens is 496 g/mol. The fourth-order valence-electron chi connectivity index (χ4n) is 3.03. The molecule has 0 unspecified atom stereocenters. The van der Waals surface area contributed by atoms with Crippen LogP contribution in [0.5, 0.6) is 0 Å². The summed E-state index contributed by atoms with van der Waals surface area (Å²) in [5.41, 5.74) is 4.01. The minimum absolute atomic E-state index is 0.329. The minimum Gasteiger partial charge on any atom is -0.462 e. The molecule has 0 aromatic heterocycles. The first-order valence-electron chi connectivity index (χ1n) is 11.2. The van der Waals surface area contributed by atoms with Gasteiger partial charge in [0.1, 0.15) is 0 Å². The van der Waals surface area contributed by atoms with Gasteiger partial charge in [0.2, 0.25) is 0 Å². The van der Waals surface area contributed by atoms with Gasteiger partial charge in [-0.1, -0.05) is 0 Å². The number of rotatable bonds is 8. The number of carbonyl (C=O) groups is 2. The second kappa shape index (κ2) is 13.2. The second-order valence-corrected chi connectivity index (χ2v) is 8.15. The van der Waals surface area contributed by atoms with Crippen LogP contribution in [0, 0.1) is 0 Å². The summed E-state index contributed by atoms with van der Waals surface area (Å²) in [5.74, 6) is -0.722. The van der Waals surface area contributed by atoms with Gasteiger partial charge in [0, 0.05) is 22.7 Å². The predicted molar refractivity (Wildman–Crippen MR) is 151 cm³/mol. The van der Waals surface area contributed by atoms with Crippen LogP contribution in [0.25, 0.3) is 0 Å². The molecule has 3 aromatic rings. The number of thiocarbonyl (C=S) groups is 2. The quantitative estimate of drug-likeness (QED) is 0.219. The Labute approximate surface area is 220 Å². The van der Waals surface area contributed by atoms with Crippen molar-refractivity contribution < 1.29 is 19.1 Å². The van der Waals surface area contributed by atoms with E-state index in [4.69, 9.17) is 33.9 Å². The number of nitrogens with one attached hydrogen (secondary N) is 4. The van der Waals surface area contributed by atoms with Crippen LogP contribution < -0.4 is 21.3 Å². The zero-order valence-electron chi connectivity index (χ0n) is 19.8. The van der Waals surface area contributed by atoms with Crippen molar-refractivity contribution in [3.8, 4) is 0 Å². The molecule has 0 aliphatic carbocycles. The maximum atomic E-state index is 11.7. The Bertz CT molecular complexity index is 1120. The molecule has 0 saturated heterocycles. The van der Waals surface area contributed by atoms with Crippen molar-refractivity contribution >= 4 is 69.3 Å². The Hall–Kier alpha value is -4.02. The first-order valence-corrected chi connectivity index (χ1v) is 12.0. The Morgan fingerprint density at radius 1 is 0.556 bits per heavy atom. The van der Waals surface area contributed by atoms with Crippen molar-refractivity contribution in [3.05, 3.63) is 83.9 Å². The fraction of sp³-hybridized carbons (Fsp3) is 0.154. The van der Waals surface area contributed by atoms with E-state index in [2.05, 4.69) is 21.3 Å². The van der Waals surface area contributed by atoms with Crippen LogP contribution in [0.1, 0.15) is 34.6 Å². The Balaban J connectivity index is 1.47. The molecule has 0 spiro atoms. The molecule has 3 rings (SSSR count). The monoisotopic (exact) mass is 522 g/mol. The van der Waals surface area contributed by atoms with E-state index in [1.165, 1.54) is 0 Å². The Morgan fingerprint density at radius 3 is 1.06 bits per heavy atom. The molecule has 0 amide bonds. The van der Waals surface area contributed by atoms with Crippen molar-refractivity contribution in [2.24, 2.45) is 0 Å². The van der Waals surface area contributed by atoms with E-state index < -0.39 is 0 Å². The number of hydrogen-bond donors (Lipinski definition) is 4. The molecule has 0 aliphatic rings. The standard InChI is InChI=1S/C26H26N4O4S2/c1-3-33-23(31)17-5-9-19(10-6-17)27-25(35)29-21-13-15-22(16-14-21)30-26(36)28-20-11-7-18(8-12-20)24(32)34-4-2/h5-16H,3-4H2,1-2H3,(H2,27,29,35)(H2,28,30,36). The summed E-state index contributed by atoms with van der Waals surface area (Å²) >= 11 is 10.7. The first kappa shape index (κ1) is 26.6. The van der Waals surface area contributed by atoms with Gasteiger partial charge in [-0.15, -0.1) is 0 Å². The molecule has 10 heteroatoms. The Morgan fingerprint density at radius 2 is 0.806 bits per heavy atom. The molecule has 0 radical (unpaired) electrons. The van der Waals surface area contributed by atoms with Crippen LogP contribution in [0.4, 0.5) is 22.7 Å². The average molecular weight is 523 g/mol. The van der Waals surface area contributed by atoms with Crippen LogP contribution >= 0.6 is 24.4 Å². The lowest BCUT2D eigenvalue weighted by molar-refractivity contribution is 0.0517. The number of esters is 2. The van der Waals surface area contributed by atoms with Crippen LogP contribution in [0.3, 0.4) is 0 Å². The van der Waals surface area contributed by atoms with Crippen molar-refractivity contribution in [2.45, 2.75) is 13.8 Å². The molecule has 0 atom stereocenters. The lowest BCUT2D eigenvalue weighted by Gasteiger charge is -2.13. The highest BCUT2D eigenvalue weighted by Gasteiger charge is 2.08. The topological polar surface area (TPSA) is 101 Å². The zero-order chi connectivity index (χ0) is 25.9. The van der Waals surface area contributed by atoms with E-state index in [-0.39, 0.29) is 11.9 Å². The summed E-state index contributed by atoms with van der Waals surface area (Å²) in [5, 5.41) is 13.2. The largest absolute Gasteiger partial charge is 0.462 e. The first-order chi connectivity index (χ1) is 17.4. The van der Waals surface area contributed by atoms with E-state index in [1.54, 1.807) is 62.4 Å². The van der Waals surface area contributed by atoms with Gasteiger partial charge in [-0.05, 0) is 111 Å². The summed E-state index contributed by atoms with van der Waals surface area (Å²) in [6.07, 6.45) is 0. The van der Waals surface area contributed by atoms with Crippen molar-refractivity contribution in [3.63, 3.8) is 0 Å². The number of hydrogen-bond acceptors (Lipinski definition) is 6. The molecule has 0 heterocycles. The number of anilines is 4. The van der Waals surface area contributed by atoms with Crippen molar-refractivity contribution in [2.75, 3.05) is 34.5 Å². The highest BCUT2D eigenvalue weighted by molar-refractivity contribution is 7.81. The summed E-state index contributed by atoms with van der Waals surface area (Å²) in [6.45, 7) is 4.19. The summed E-state index contributed by atoms with van der Waals surface area (Å²) in [4.78, 5) is 23.5. The summed E-state index contributed by atoms with van der Waals surface area (Å²) < 4.78 is 9.96. The van der Waals surface area contributed by atoms with E-state index in [1.807, 2.05) is 24.3 Å². The van der Waals surface area contributed by atoms with Gasteiger partial charge in [-0.3, -0.25) is 0 Å². The second-order valence-electron chi connectivity index (χ2n) is 7.33. The van der Waals surface area contributed by atoms with Gasteiger partial charge in [-0.2, -0.15) is 0 Å². The summed E-state index contributed by atoms with van der Waals surface area (Å²) in [6, 6.07) is 21.2. The van der Waals surface area contributed by atoms with Crippen LogP contribution in [0.2, 0.25) is 0 Å². The van der Waals surface area contributed by atoms with Crippen LogP contribution in [-0.4, -0.2) is 35.4 Å². The number of ether oxygens (including phenoxy) is 2. The van der Waals surface area contributed by atoms with E-state index in [9.17, 15) is 9.59 Å². The molecule has 186 valence electrons. The highest BCUT2D eigenvalue weighted by Crippen LogP contribution is 2.17. The number of carbonyl (C=O) groups excluding carboxylic acids is 2. The van der Waals surface area contributed by atoms with Gasteiger partial charge in [0.25, 0.3) is 0 Å². The van der Waals surface area contributed by atoms with Crippen molar-refractivity contribution in [1.29, 1.82) is 0 Å². The number of benzene rings is 3. The maximum Gasteiger partial charge on any atom is 0.338 e. The lowest BCUT2D eigenvalue weighted by Crippen LogP contribution is -2.20. The SMILES string of the molecule is CCOC(=O)c1ccc(NC(=S)Nc2ccc(NC(=S)Nc3ccc(C(=O)OCC)cc3)cc2)cc1. The van der Waals surface area contributed by atoms with Crippen LogP contribution in [0.15, 0.2) is 72.8 Å². The third kappa shape index (κ3) is 8.03. The van der Waals surface area contributed by atoms with Gasteiger partial charge >= 0.3 is 11.9 Å². The molecule has 0 bridgehead atoms. The lowest BCUT2D eigenvalue weighted by atomic mass is 10.2. The van der Waals surface area contributed by atoms with E-state index >= 15 is 0 Å². The highest BCUT2D eigenvalue weighted by atomic mass is 32.1. The predicted octanol–water partition coefficient (Wildman–Crippen LogP) is 5.66. The van der Waals surface area contributed by atoms with Crippen molar-refractivity contribution in [1.82, 2.24) is 0 Å². The van der Waals surface area contributed by atoms with Crippen LogP contribution in [-0.2, 0) is 9.47 Å². The van der Waals surface area contributed by atoms with E-state index in [0.29, 0.717) is 34.6 Å². The maximum absolute atomic E-state index is 11.7. The minimum atomic E-state index is -0.361. The van der Waals surface area contributed by atoms with Gasteiger partial charge in [0.15, 0.2) is 10.2 Å². The third-order valence-corrected chi connectivity index (χ3v) is 5.12. The van der Waals surface area contributed by atoms with Gasteiger partial charge in [-0.25, -0.2) is 9.59 Å². The van der Waals surface area contributed by atoms with E-state index in [0.717, 1.165) is 22.7 Å². The molecule has 0 aliphatic heterocycles. The molecular formula is C26H26N4O4S2. The zero-order valence-corrected chi connectivity index (χ0v) is 21.4. The molecule has 36 heavy (non-hydrogen) atoms. The summed E-state index contributed by atoms with van der Waals surface area (Å²) in [7, 11) is 0. The average Bonchev–Trinajstić information content (AvgIpc) is 2.86. The normalized spacial score (nSPS) is 10.1. The molecule has 3 aromatic carbocycles. The Kier molecular flexibility index (Phi) is 9.73. The third-order valence-electron chi connectivity index (χ3n) is 4.71. The molecule has 4 N–H and O–H groups in total. The van der Waals surface area contributed by atoms with Gasteiger partial charge in [0.05, 0.1) is 24.3 Å². The molecule has 0 saturated carbocycles. The fourth-order valence-corrected chi connectivity index (χ4v) is 3.50. The smallest absolute Gasteiger partial charge is 0.338 e. The molecule has 0 fully saturated rings. The van der Waals surface area contributed by atoms with Gasteiger partial charge < -0.3 is 30.7 Å².